The van der Waals surface area contributed by atoms with E-state index in [4.69, 9.17) is 11.6 Å². The molecular formula is C17H12ClF3N4O2. The molecule has 140 valence electrons. The Kier molecular flexibility index (Phi) is 3.69. The molecule has 1 amide bonds. The van der Waals surface area contributed by atoms with Gasteiger partial charge in [-0.05, 0) is 18.2 Å². The summed E-state index contributed by atoms with van der Waals surface area (Å²) in [6.45, 7) is -0.283. The molecule has 0 bridgehead atoms. The summed E-state index contributed by atoms with van der Waals surface area (Å²) < 4.78 is 42.2. The zero-order valence-corrected chi connectivity index (χ0v) is 14.5. The van der Waals surface area contributed by atoms with Crippen molar-refractivity contribution in [3.05, 3.63) is 40.3 Å². The van der Waals surface area contributed by atoms with E-state index in [1.54, 1.807) is 0 Å². The number of hydrogen-bond donors (Lipinski definition) is 1. The SMILES string of the molecule is N#Cc1c(-c2ccc(F)c(Cl)c2)nn2c1CN(C(=O)O)CC21CC(F)(F)C1. The van der Waals surface area contributed by atoms with Gasteiger partial charge in [-0.3, -0.25) is 9.58 Å². The molecule has 0 unspecified atom stereocenters. The normalized spacial score (nSPS) is 19.3. The first-order valence-corrected chi connectivity index (χ1v) is 8.37. The fraction of sp³-hybridized carbons (Fsp3) is 0.353. The smallest absolute Gasteiger partial charge is 0.407 e. The minimum atomic E-state index is -2.92. The second kappa shape index (κ2) is 5.63. The van der Waals surface area contributed by atoms with Crippen LogP contribution in [0.4, 0.5) is 18.0 Å². The van der Waals surface area contributed by atoms with Crippen LogP contribution in [0.1, 0.15) is 24.1 Å². The van der Waals surface area contributed by atoms with Gasteiger partial charge in [-0.25, -0.2) is 18.0 Å². The van der Waals surface area contributed by atoms with Crippen molar-refractivity contribution in [3.63, 3.8) is 0 Å². The van der Waals surface area contributed by atoms with E-state index in [0.717, 1.165) is 11.0 Å². The van der Waals surface area contributed by atoms with E-state index in [9.17, 15) is 28.3 Å². The van der Waals surface area contributed by atoms with E-state index in [2.05, 4.69) is 5.10 Å². The molecule has 10 heteroatoms. The van der Waals surface area contributed by atoms with Crippen molar-refractivity contribution in [2.45, 2.75) is 30.8 Å². The fourth-order valence-corrected chi connectivity index (χ4v) is 4.10. The summed E-state index contributed by atoms with van der Waals surface area (Å²) in [5.41, 5.74) is -0.377. The molecular weight excluding hydrogens is 385 g/mol. The van der Waals surface area contributed by atoms with Gasteiger partial charge in [-0.1, -0.05) is 11.6 Å². The van der Waals surface area contributed by atoms with Crippen LogP contribution in [0.3, 0.4) is 0 Å². The molecule has 4 rings (SSSR count). The van der Waals surface area contributed by atoms with E-state index >= 15 is 0 Å². The van der Waals surface area contributed by atoms with Crippen LogP contribution in [0.25, 0.3) is 11.3 Å². The summed E-state index contributed by atoms with van der Waals surface area (Å²) in [5.74, 6) is -3.56. The minimum Gasteiger partial charge on any atom is -0.465 e. The quantitative estimate of drug-likeness (QED) is 0.794. The number of hydrogen-bond acceptors (Lipinski definition) is 3. The van der Waals surface area contributed by atoms with Gasteiger partial charge in [0, 0.05) is 18.4 Å². The molecule has 1 fully saturated rings. The van der Waals surface area contributed by atoms with Crippen molar-refractivity contribution < 1.29 is 23.1 Å². The molecule has 1 N–H and O–H groups in total. The van der Waals surface area contributed by atoms with E-state index in [-0.39, 0.29) is 35.1 Å². The third-order valence-corrected chi connectivity index (χ3v) is 5.30. The van der Waals surface area contributed by atoms with Crippen LogP contribution in [0.2, 0.25) is 5.02 Å². The Balaban J connectivity index is 1.89. The van der Waals surface area contributed by atoms with Gasteiger partial charge in [0.05, 0.1) is 29.3 Å². The van der Waals surface area contributed by atoms with Crippen LogP contribution in [-0.4, -0.2) is 38.3 Å². The van der Waals surface area contributed by atoms with Gasteiger partial charge in [0.1, 0.15) is 23.1 Å². The molecule has 0 atom stereocenters. The number of halogens is 4. The van der Waals surface area contributed by atoms with Crippen molar-refractivity contribution in [2.24, 2.45) is 0 Å². The Morgan fingerprint density at radius 2 is 2.07 bits per heavy atom. The number of aromatic nitrogens is 2. The lowest BCUT2D eigenvalue weighted by Crippen LogP contribution is -2.62. The number of carbonyl (C=O) groups is 1. The van der Waals surface area contributed by atoms with Crippen molar-refractivity contribution in [2.75, 3.05) is 6.54 Å². The van der Waals surface area contributed by atoms with Gasteiger partial charge >= 0.3 is 6.09 Å². The third kappa shape index (κ3) is 2.63. The minimum absolute atomic E-state index is 0.0678. The van der Waals surface area contributed by atoms with Crippen LogP contribution in [0.5, 0.6) is 0 Å². The van der Waals surface area contributed by atoms with Crippen molar-refractivity contribution in [1.82, 2.24) is 14.7 Å². The summed E-state index contributed by atoms with van der Waals surface area (Å²) >= 11 is 5.80. The highest BCUT2D eigenvalue weighted by atomic mass is 35.5. The van der Waals surface area contributed by atoms with Gasteiger partial charge < -0.3 is 5.11 Å². The third-order valence-electron chi connectivity index (χ3n) is 5.01. The summed E-state index contributed by atoms with van der Waals surface area (Å²) in [5, 5.41) is 23.2. The number of alkyl halides is 2. The van der Waals surface area contributed by atoms with Crippen LogP contribution in [-0.2, 0) is 12.1 Å². The first-order chi connectivity index (χ1) is 12.7. The molecule has 2 aliphatic rings. The number of benzene rings is 1. The average Bonchev–Trinajstić information content (AvgIpc) is 2.94. The van der Waals surface area contributed by atoms with Gasteiger partial charge in [0.15, 0.2) is 0 Å². The molecule has 2 heterocycles. The Bertz CT molecular complexity index is 1010. The molecule has 1 aliphatic heterocycles. The Labute approximate surface area is 156 Å². The van der Waals surface area contributed by atoms with E-state index in [1.807, 2.05) is 6.07 Å². The summed E-state index contributed by atoms with van der Waals surface area (Å²) in [6, 6.07) is 5.77. The number of rotatable bonds is 1. The molecule has 1 spiro atoms. The average molecular weight is 397 g/mol. The molecule has 0 saturated heterocycles. The lowest BCUT2D eigenvalue weighted by molar-refractivity contribution is -0.168. The largest absolute Gasteiger partial charge is 0.465 e. The molecule has 1 aromatic heterocycles. The highest BCUT2D eigenvalue weighted by molar-refractivity contribution is 6.31. The molecule has 2 aromatic rings. The Hall–Kier alpha value is -2.73. The van der Waals surface area contributed by atoms with Crippen LogP contribution >= 0.6 is 11.6 Å². The lowest BCUT2D eigenvalue weighted by atomic mass is 9.72. The number of fused-ring (bicyclic) bond motifs is 2. The van der Waals surface area contributed by atoms with Crippen molar-refractivity contribution >= 4 is 17.7 Å². The van der Waals surface area contributed by atoms with Gasteiger partial charge in [0.2, 0.25) is 0 Å². The Morgan fingerprint density at radius 3 is 2.63 bits per heavy atom. The highest BCUT2D eigenvalue weighted by Gasteiger charge is 2.61. The second-order valence-electron chi connectivity index (χ2n) is 6.90. The van der Waals surface area contributed by atoms with Gasteiger partial charge in [0.25, 0.3) is 5.92 Å². The predicted molar refractivity (Wildman–Crippen MR) is 87.9 cm³/mol. The topological polar surface area (TPSA) is 82.2 Å². The highest BCUT2D eigenvalue weighted by Crippen LogP contribution is 2.53. The van der Waals surface area contributed by atoms with Crippen LogP contribution in [0.15, 0.2) is 18.2 Å². The maximum atomic E-state index is 13.7. The van der Waals surface area contributed by atoms with E-state index < -0.39 is 36.2 Å². The van der Waals surface area contributed by atoms with Crippen LogP contribution < -0.4 is 0 Å². The second-order valence-corrected chi connectivity index (χ2v) is 7.30. The van der Waals surface area contributed by atoms with Gasteiger partial charge in [-0.2, -0.15) is 10.4 Å². The maximum absolute atomic E-state index is 13.7. The zero-order valence-electron chi connectivity index (χ0n) is 13.7. The monoisotopic (exact) mass is 396 g/mol. The predicted octanol–water partition coefficient (Wildman–Crippen LogP) is 3.83. The molecule has 0 radical (unpaired) electrons. The lowest BCUT2D eigenvalue weighted by Gasteiger charge is -2.51. The standard InChI is InChI=1S/C17H12ClF3N4O2/c18-11-3-9(1-2-12(11)19)14-10(4-22)13-5-24(15(26)27)8-16(25(13)23-14)6-17(20,21)7-16/h1-3H,5-8H2,(H,26,27). The van der Waals surface area contributed by atoms with E-state index in [1.165, 1.54) is 16.8 Å². The number of nitriles is 1. The number of nitrogens with zero attached hydrogens (tertiary/aromatic N) is 4. The zero-order chi connectivity index (χ0) is 19.6. The Morgan fingerprint density at radius 1 is 1.37 bits per heavy atom. The van der Waals surface area contributed by atoms with E-state index in [0.29, 0.717) is 5.56 Å². The molecule has 1 aromatic carbocycles. The van der Waals surface area contributed by atoms with Crippen molar-refractivity contribution in [1.29, 1.82) is 5.26 Å². The summed E-state index contributed by atoms with van der Waals surface area (Å²) in [6.07, 6.45) is -2.38. The number of amides is 1. The summed E-state index contributed by atoms with van der Waals surface area (Å²) in [7, 11) is 0. The fourth-order valence-electron chi connectivity index (χ4n) is 3.92. The molecule has 1 aliphatic carbocycles. The molecule has 1 saturated carbocycles. The first kappa shape index (κ1) is 17.7. The van der Waals surface area contributed by atoms with Crippen LogP contribution in [0, 0.1) is 17.1 Å². The molecule has 6 nitrogen and oxygen atoms in total. The van der Waals surface area contributed by atoms with Crippen molar-refractivity contribution in [3.8, 4) is 17.3 Å². The van der Waals surface area contributed by atoms with Gasteiger partial charge in [-0.15, -0.1) is 0 Å². The first-order valence-electron chi connectivity index (χ1n) is 7.99. The maximum Gasteiger partial charge on any atom is 0.407 e. The molecule has 27 heavy (non-hydrogen) atoms. The number of carboxylic acid groups (broad SMARTS) is 1. The summed E-state index contributed by atoms with van der Waals surface area (Å²) in [4.78, 5) is 12.5.